The molecule has 0 saturated heterocycles. The fourth-order valence-electron chi connectivity index (χ4n) is 4.84. The first-order chi connectivity index (χ1) is 16.3. The maximum Gasteiger partial charge on any atom is 0.263 e. The number of halogens is 2. The lowest BCUT2D eigenvalue weighted by Crippen LogP contribution is -2.44. The molecule has 1 amide bonds. The molecule has 1 aliphatic carbocycles. The van der Waals surface area contributed by atoms with Gasteiger partial charge in [-0.25, -0.2) is 9.97 Å². The summed E-state index contributed by atoms with van der Waals surface area (Å²) in [7, 11) is 0. The number of fused-ring (bicyclic) bond motifs is 2. The van der Waals surface area contributed by atoms with Crippen LogP contribution in [0, 0.1) is 0 Å². The van der Waals surface area contributed by atoms with Crippen LogP contribution < -0.4 is 15.5 Å². The van der Waals surface area contributed by atoms with Crippen molar-refractivity contribution in [3.8, 4) is 0 Å². The molecule has 2 aromatic carbocycles. The molecule has 0 bridgehead atoms. The zero-order chi connectivity index (χ0) is 23.7. The van der Waals surface area contributed by atoms with Crippen LogP contribution >= 0.6 is 35.0 Å². The van der Waals surface area contributed by atoms with E-state index in [-0.39, 0.29) is 11.4 Å². The quantitative estimate of drug-likeness (QED) is 0.411. The van der Waals surface area contributed by atoms with Gasteiger partial charge in [0.2, 0.25) is 5.95 Å². The van der Waals surface area contributed by atoms with Crippen molar-refractivity contribution >= 4 is 58.2 Å². The molecule has 1 fully saturated rings. The van der Waals surface area contributed by atoms with Crippen LogP contribution in [0.4, 0.5) is 17.3 Å². The number of anilines is 3. The Balaban J connectivity index is 1.32. The van der Waals surface area contributed by atoms with Crippen LogP contribution in [0.5, 0.6) is 0 Å². The lowest BCUT2D eigenvalue weighted by Gasteiger charge is -2.36. The molecule has 0 atom stereocenters. The summed E-state index contributed by atoms with van der Waals surface area (Å²) in [5, 5.41) is 8.49. The Morgan fingerprint density at radius 3 is 2.65 bits per heavy atom. The molecule has 2 aliphatic heterocycles. The van der Waals surface area contributed by atoms with Crippen molar-refractivity contribution in [2.24, 2.45) is 0 Å². The molecule has 6 rings (SSSR count). The number of hydrogen-bond donors (Lipinski definition) is 2. The van der Waals surface area contributed by atoms with Crippen molar-refractivity contribution in [3.05, 3.63) is 69.3 Å². The maximum absolute atomic E-state index is 13.6. The second-order valence-electron chi connectivity index (χ2n) is 9.47. The van der Waals surface area contributed by atoms with Crippen LogP contribution in [0.1, 0.15) is 48.2 Å². The van der Waals surface area contributed by atoms with Gasteiger partial charge in [-0.2, -0.15) is 0 Å². The van der Waals surface area contributed by atoms with E-state index in [0.717, 1.165) is 31.5 Å². The van der Waals surface area contributed by atoms with E-state index in [1.165, 1.54) is 11.1 Å². The molecule has 174 valence electrons. The fraction of sp³-hybridized carbons (Fsp3) is 0.320. The Kier molecular flexibility index (Phi) is 5.12. The van der Waals surface area contributed by atoms with Gasteiger partial charge in [0.25, 0.3) is 5.91 Å². The van der Waals surface area contributed by atoms with Crippen molar-refractivity contribution < 1.29 is 4.79 Å². The molecule has 9 heteroatoms. The van der Waals surface area contributed by atoms with Crippen molar-refractivity contribution in [1.29, 1.82) is 0 Å². The average molecular weight is 512 g/mol. The van der Waals surface area contributed by atoms with E-state index in [4.69, 9.17) is 28.2 Å². The maximum atomic E-state index is 13.6. The van der Waals surface area contributed by atoms with E-state index in [2.05, 4.69) is 47.7 Å². The highest BCUT2D eigenvalue weighted by atomic mass is 35.5. The molecule has 0 radical (unpaired) electrons. The fourth-order valence-corrected chi connectivity index (χ4v) is 6.72. The Morgan fingerprint density at radius 2 is 1.91 bits per heavy atom. The van der Waals surface area contributed by atoms with Gasteiger partial charge >= 0.3 is 0 Å². The summed E-state index contributed by atoms with van der Waals surface area (Å²) in [4.78, 5) is 24.1. The monoisotopic (exact) mass is 511 g/mol. The van der Waals surface area contributed by atoms with Gasteiger partial charge < -0.3 is 10.6 Å². The van der Waals surface area contributed by atoms with Crippen LogP contribution in [-0.2, 0) is 12.0 Å². The van der Waals surface area contributed by atoms with Gasteiger partial charge in [0, 0.05) is 17.4 Å². The first-order valence-corrected chi connectivity index (χ1v) is 12.8. The van der Waals surface area contributed by atoms with Crippen LogP contribution in [0.2, 0.25) is 10.0 Å². The van der Waals surface area contributed by atoms with E-state index < -0.39 is 4.87 Å². The van der Waals surface area contributed by atoms with Crippen LogP contribution in [0.3, 0.4) is 0 Å². The number of nitrogens with one attached hydrogen (secondary N) is 2. The number of carbonyl (C=O) groups excluding carboxylic acids is 1. The topological polar surface area (TPSA) is 70.2 Å². The third kappa shape index (κ3) is 3.57. The third-order valence-corrected chi connectivity index (χ3v) is 8.80. The van der Waals surface area contributed by atoms with Gasteiger partial charge in [-0.05, 0) is 75.0 Å². The number of carbonyl (C=O) groups is 1. The summed E-state index contributed by atoms with van der Waals surface area (Å²) >= 11 is 14.5. The van der Waals surface area contributed by atoms with Gasteiger partial charge in [0.05, 0.1) is 21.3 Å². The first-order valence-electron chi connectivity index (χ1n) is 11.3. The van der Waals surface area contributed by atoms with Crippen LogP contribution in [0.15, 0.2) is 47.6 Å². The normalized spacial score (nSPS) is 19.5. The molecule has 3 aliphatic rings. The predicted molar refractivity (Wildman–Crippen MR) is 138 cm³/mol. The largest absolute Gasteiger partial charge is 0.324 e. The highest BCUT2D eigenvalue weighted by Crippen LogP contribution is 2.60. The van der Waals surface area contributed by atoms with Gasteiger partial charge in [-0.1, -0.05) is 47.1 Å². The van der Waals surface area contributed by atoms with Crippen LogP contribution in [-0.4, -0.2) is 27.3 Å². The molecule has 2 N–H and O–H groups in total. The lowest BCUT2D eigenvalue weighted by molar-refractivity contribution is 0.0975. The zero-order valence-corrected chi connectivity index (χ0v) is 21.1. The molecule has 1 spiro atoms. The highest BCUT2D eigenvalue weighted by molar-refractivity contribution is 8.01. The average Bonchev–Trinajstić information content (AvgIpc) is 3.54. The molecular formula is C25H23Cl2N5OS. The summed E-state index contributed by atoms with van der Waals surface area (Å²) in [6.45, 7) is 5.35. The molecule has 6 nitrogen and oxygen atoms in total. The number of thioether (sulfide) groups is 1. The van der Waals surface area contributed by atoms with Crippen LogP contribution in [0.25, 0.3) is 0 Å². The highest BCUT2D eigenvalue weighted by Gasteiger charge is 2.57. The summed E-state index contributed by atoms with van der Waals surface area (Å²) in [5.74, 6) is 0.309. The smallest absolute Gasteiger partial charge is 0.263 e. The number of amides is 1. The van der Waals surface area contributed by atoms with Gasteiger partial charge in [0.15, 0.2) is 0 Å². The molecule has 3 heterocycles. The van der Waals surface area contributed by atoms with Gasteiger partial charge in [-0.3, -0.25) is 9.69 Å². The first kappa shape index (κ1) is 22.2. The van der Waals surface area contributed by atoms with Crippen molar-refractivity contribution in [2.45, 2.75) is 48.5 Å². The summed E-state index contributed by atoms with van der Waals surface area (Å²) in [6, 6.07) is 11.7. The van der Waals surface area contributed by atoms with E-state index in [9.17, 15) is 4.79 Å². The Bertz CT molecular complexity index is 1320. The standard InChI is InChI=1S/C25H23Cl2N5OS/c1-24(2)17-7-6-15(12-14(17)8-11-29-24)30-23-28-13-16-21(31-23)34-25(9-10-25)32(22(16)33)20-18(26)4-3-5-19(20)27/h3-7,12-13,29H,8-11H2,1-2H3,(H,28,30,31). The number of aromatic nitrogens is 2. The van der Waals surface area contributed by atoms with E-state index >= 15 is 0 Å². The number of nitrogens with zero attached hydrogens (tertiary/aromatic N) is 3. The minimum atomic E-state index is -0.408. The summed E-state index contributed by atoms with van der Waals surface area (Å²) in [5.41, 5.74) is 4.54. The molecule has 0 unspecified atom stereocenters. The minimum absolute atomic E-state index is 0.0412. The molecule has 1 aromatic heterocycles. The minimum Gasteiger partial charge on any atom is -0.324 e. The number of hydrogen-bond acceptors (Lipinski definition) is 6. The number of para-hydroxylation sites is 1. The van der Waals surface area contributed by atoms with Crippen molar-refractivity contribution in [3.63, 3.8) is 0 Å². The Hall–Kier alpha value is -2.32. The Labute approximate surface area is 212 Å². The molecule has 1 saturated carbocycles. The SMILES string of the molecule is CC1(C)NCCc2cc(Nc3ncc4c(n3)SC3(CC3)N(c3c(Cl)cccc3Cl)C4=O)ccc21. The molecule has 3 aromatic rings. The zero-order valence-electron chi connectivity index (χ0n) is 18.8. The van der Waals surface area contributed by atoms with Crippen molar-refractivity contribution in [2.75, 3.05) is 16.8 Å². The predicted octanol–water partition coefficient (Wildman–Crippen LogP) is 6.15. The summed E-state index contributed by atoms with van der Waals surface area (Å²) < 4.78 is 0. The second-order valence-corrected chi connectivity index (χ2v) is 11.6. The summed E-state index contributed by atoms with van der Waals surface area (Å²) in [6.07, 6.45) is 4.28. The molecule has 34 heavy (non-hydrogen) atoms. The number of rotatable bonds is 3. The third-order valence-electron chi connectivity index (χ3n) is 6.72. The second kappa shape index (κ2) is 7.85. The molecular weight excluding hydrogens is 489 g/mol. The lowest BCUT2D eigenvalue weighted by atomic mass is 9.85. The van der Waals surface area contributed by atoms with Crippen molar-refractivity contribution in [1.82, 2.24) is 15.3 Å². The van der Waals surface area contributed by atoms with E-state index in [0.29, 0.717) is 32.3 Å². The van der Waals surface area contributed by atoms with E-state index in [1.807, 2.05) is 0 Å². The Morgan fingerprint density at radius 1 is 1.15 bits per heavy atom. The number of benzene rings is 2. The van der Waals surface area contributed by atoms with E-state index in [1.54, 1.807) is 41.1 Å². The van der Waals surface area contributed by atoms with Gasteiger partial charge in [-0.15, -0.1) is 0 Å². The van der Waals surface area contributed by atoms with Gasteiger partial charge in [0.1, 0.15) is 9.90 Å².